The molecule has 2 aromatic rings. The number of esters is 1. The van der Waals surface area contributed by atoms with Gasteiger partial charge in [-0.1, -0.05) is 35.9 Å². The third kappa shape index (κ3) is 5.97. The molecule has 0 heterocycles. The summed E-state index contributed by atoms with van der Waals surface area (Å²) in [5.74, 6) is 0.0625. The number of halogens is 1. The number of hydrogen-bond donors (Lipinski definition) is 1. The van der Waals surface area contributed by atoms with E-state index >= 15 is 0 Å². The van der Waals surface area contributed by atoms with Crippen LogP contribution in [-0.4, -0.2) is 31.7 Å². The Morgan fingerprint density at radius 1 is 1.12 bits per heavy atom. The highest BCUT2D eigenvalue weighted by atomic mass is 35.5. The molecule has 0 saturated carbocycles. The van der Waals surface area contributed by atoms with Gasteiger partial charge < -0.3 is 19.5 Å². The zero-order chi connectivity index (χ0) is 18.9. The zero-order valence-corrected chi connectivity index (χ0v) is 15.3. The molecule has 1 atom stereocenters. The van der Waals surface area contributed by atoms with Gasteiger partial charge in [0, 0.05) is 6.54 Å². The first-order valence-electron chi connectivity index (χ1n) is 7.97. The molecule has 0 aliphatic heterocycles. The second-order valence-corrected chi connectivity index (χ2v) is 5.82. The maximum absolute atomic E-state index is 12.0. The lowest BCUT2D eigenvalue weighted by Gasteiger charge is -2.14. The Labute approximate surface area is 157 Å². The van der Waals surface area contributed by atoms with E-state index in [0.29, 0.717) is 17.3 Å². The summed E-state index contributed by atoms with van der Waals surface area (Å²) in [7, 11) is 1.59. The van der Waals surface area contributed by atoms with Crippen molar-refractivity contribution < 1.29 is 23.8 Å². The van der Waals surface area contributed by atoms with Crippen LogP contribution < -0.4 is 14.8 Å². The largest absolute Gasteiger partial charge is 0.497 e. The molecule has 0 unspecified atom stereocenters. The smallest absolute Gasteiger partial charge is 0.344 e. The number of hydrogen-bond acceptors (Lipinski definition) is 5. The van der Waals surface area contributed by atoms with Gasteiger partial charge in [-0.05, 0) is 36.8 Å². The summed E-state index contributed by atoms with van der Waals surface area (Å²) >= 11 is 5.93. The lowest BCUT2D eigenvalue weighted by Crippen LogP contribution is -2.36. The van der Waals surface area contributed by atoms with Crippen LogP contribution >= 0.6 is 11.6 Å². The lowest BCUT2D eigenvalue weighted by atomic mass is 10.2. The van der Waals surface area contributed by atoms with Gasteiger partial charge in [0.15, 0.2) is 12.7 Å². The van der Waals surface area contributed by atoms with Crippen molar-refractivity contribution in [2.24, 2.45) is 0 Å². The Morgan fingerprint density at radius 3 is 2.46 bits per heavy atom. The predicted molar refractivity (Wildman–Crippen MR) is 97.3 cm³/mol. The molecule has 0 aliphatic carbocycles. The highest BCUT2D eigenvalue weighted by Crippen LogP contribution is 2.22. The fourth-order valence-electron chi connectivity index (χ4n) is 2.06. The van der Waals surface area contributed by atoms with Crippen LogP contribution in [-0.2, 0) is 20.9 Å². The van der Waals surface area contributed by atoms with Gasteiger partial charge in [0.1, 0.15) is 11.5 Å². The van der Waals surface area contributed by atoms with E-state index in [1.54, 1.807) is 43.5 Å². The first kappa shape index (κ1) is 19.6. The molecule has 0 aromatic heterocycles. The van der Waals surface area contributed by atoms with Gasteiger partial charge in [-0.3, -0.25) is 4.79 Å². The van der Waals surface area contributed by atoms with Crippen molar-refractivity contribution in [1.29, 1.82) is 0 Å². The third-order valence-corrected chi connectivity index (χ3v) is 3.80. The number of nitrogens with one attached hydrogen (secondary N) is 1. The van der Waals surface area contributed by atoms with Crippen molar-refractivity contribution >= 4 is 23.5 Å². The van der Waals surface area contributed by atoms with Gasteiger partial charge in [-0.2, -0.15) is 0 Å². The molecule has 0 spiro atoms. The number of para-hydroxylation sites is 1. The molecule has 2 rings (SSSR count). The Hall–Kier alpha value is -2.73. The van der Waals surface area contributed by atoms with E-state index in [0.717, 1.165) is 11.3 Å². The van der Waals surface area contributed by atoms with Gasteiger partial charge in [0.2, 0.25) is 0 Å². The molecule has 2 aromatic carbocycles. The molecule has 0 fully saturated rings. The van der Waals surface area contributed by atoms with E-state index in [2.05, 4.69) is 5.32 Å². The molecule has 1 N–H and O–H groups in total. The minimum Gasteiger partial charge on any atom is -0.497 e. The van der Waals surface area contributed by atoms with Crippen molar-refractivity contribution in [3.63, 3.8) is 0 Å². The molecule has 1 amide bonds. The summed E-state index contributed by atoms with van der Waals surface area (Å²) in [5, 5.41) is 3.10. The van der Waals surface area contributed by atoms with Crippen LogP contribution in [0.4, 0.5) is 0 Å². The van der Waals surface area contributed by atoms with Crippen molar-refractivity contribution in [3.8, 4) is 11.5 Å². The molecule has 6 nitrogen and oxygen atoms in total. The summed E-state index contributed by atoms with van der Waals surface area (Å²) in [6.45, 7) is 1.48. The molecule has 0 radical (unpaired) electrons. The van der Waals surface area contributed by atoms with Gasteiger partial charge >= 0.3 is 5.97 Å². The molecule has 26 heavy (non-hydrogen) atoms. The maximum atomic E-state index is 12.0. The van der Waals surface area contributed by atoms with Crippen LogP contribution in [0.5, 0.6) is 11.5 Å². The van der Waals surface area contributed by atoms with Gasteiger partial charge in [0.25, 0.3) is 5.91 Å². The Balaban J connectivity index is 1.75. The Morgan fingerprint density at radius 2 is 1.81 bits per heavy atom. The van der Waals surface area contributed by atoms with Gasteiger partial charge in [0.05, 0.1) is 12.1 Å². The number of rotatable bonds is 8. The van der Waals surface area contributed by atoms with E-state index in [4.69, 9.17) is 25.8 Å². The Kier molecular flexibility index (Phi) is 7.29. The van der Waals surface area contributed by atoms with E-state index in [9.17, 15) is 9.59 Å². The standard InChI is InChI=1S/C19H20ClNO5/c1-13(19(23)21-11-14-7-9-15(24-2)10-8-14)26-18(22)12-25-17-6-4-3-5-16(17)20/h3-10,13H,11-12H2,1-2H3,(H,21,23)/t13-/m1/s1. The van der Waals surface area contributed by atoms with E-state index in [-0.39, 0.29) is 6.61 Å². The number of carbonyl (C=O) groups excluding carboxylic acids is 2. The highest BCUT2D eigenvalue weighted by Gasteiger charge is 2.18. The topological polar surface area (TPSA) is 73.9 Å². The highest BCUT2D eigenvalue weighted by molar-refractivity contribution is 6.32. The van der Waals surface area contributed by atoms with Crippen molar-refractivity contribution in [2.45, 2.75) is 19.6 Å². The molecule has 0 aliphatic rings. The third-order valence-electron chi connectivity index (χ3n) is 3.49. The zero-order valence-electron chi connectivity index (χ0n) is 14.5. The fraction of sp³-hybridized carbons (Fsp3) is 0.263. The number of benzene rings is 2. The SMILES string of the molecule is COc1ccc(CNC(=O)[C@@H](C)OC(=O)COc2ccccc2Cl)cc1. The van der Waals surface area contributed by atoms with Crippen LogP contribution in [0.1, 0.15) is 12.5 Å². The normalized spacial score (nSPS) is 11.3. The average Bonchev–Trinajstić information content (AvgIpc) is 2.65. The summed E-state index contributed by atoms with van der Waals surface area (Å²) in [6, 6.07) is 14.1. The second-order valence-electron chi connectivity index (χ2n) is 5.42. The minimum atomic E-state index is -0.935. The summed E-state index contributed by atoms with van der Waals surface area (Å²) in [4.78, 5) is 23.8. The van der Waals surface area contributed by atoms with Crippen LogP contribution in [0.3, 0.4) is 0 Å². The van der Waals surface area contributed by atoms with Crippen LogP contribution in [0.25, 0.3) is 0 Å². The number of methoxy groups -OCH3 is 1. The molecule has 138 valence electrons. The van der Waals surface area contributed by atoms with Crippen molar-refractivity contribution in [1.82, 2.24) is 5.32 Å². The predicted octanol–water partition coefficient (Wildman–Crippen LogP) is 2.98. The van der Waals surface area contributed by atoms with Crippen molar-refractivity contribution in [3.05, 3.63) is 59.1 Å². The molecule has 0 saturated heterocycles. The van der Waals surface area contributed by atoms with Gasteiger partial charge in [-0.15, -0.1) is 0 Å². The quantitative estimate of drug-likeness (QED) is 0.716. The fourth-order valence-corrected chi connectivity index (χ4v) is 2.25. The second kappa shape index (κ2) is 9.68. The average molecular weight is 378 g/mol. The molecular weight excluding hydrogens is 358 g/mol. The first-order chi connectivity index (χ1) is 12.5. The van der Waals surface area contributed by atoms with Crippen LogP contribution in [0.2, 0.25) is 5.02 Å². The van der Waals surface area contributed by atoms with E-state index in [1.807, 2.05) is 12.1 Å². The van der Waals surface area contributed by atoms with Crippen LogP contribution in [0.15, 0.2) is 48.5 Å². The minimum absolute atomic E-state index is 0.320. The monoisotopic (exact) mass is 377 g/mol. The van der Waals surface area contributed by atoms with Crippen LogP contribution in [0, 0.1) is 0 Å². The van der Waals surface area contributed by atoms with Gasteiger partial charge in [-0.25, -0.2) is 4.79 Å². The first-order valence-corrected chi connectivity index (χ1v) is 8.35. The summed E-state index contributed by atoms with van der Waals surface area (Å²) < 4.78 is 15.4. The van der Waals surface area contributed by atoms with Crippen molar-refractivity contribution in [2.75, 3.05) is 13.7 Å². The lowest BCUT2D eigenvalue weighted by molar-refractivity contribution is -0.156. The summed E-state index contributed by atoms with van der Waals surface area (Å²) in [6.07, 6.45) is -0.935. The Bertz CT molecular complexity index is 748. The molecule has 7 heteroatoms. The molecular formula is C19H20ClNO5. The number of amides is 1. The van der Waals surface area contributed by atoms with E-state index < -0.39 is 18.0 Å². The van der Waals surface area contributed by atoms with E-state index in [1.165, 1.54) is 6.92 Å². The summed E-state index contributed by atoms with van der Waals surface area (Å²) in [5.41, 5.74) is 0.903. The maximum Gasteiger partial charge on any atom is 0.344 e. The molecule has 0 bridgehead atoms. The number of carbonyl (C=O) groups is 2. The number of ether oxygens (including phenoxy) is 3.